The van der Waals surface area contributed by atoms with Crippen molar-refractivity contribution >= 4 is 53.0 Å². The molecule has 3 aromatic carbocycles. The maximum Gasteiger partial charge on any atom is 0.335 e. The molecule has 10 nitrogen and oxygen atoms in total. The maximum atomic E-state index is 13.3. The summed E-state index contributed by atoms with van der Waals surface area (Å²) in [4.78, 5) is 66.3. The molecule has 6 amide bonds. The zero-order chi connectivity index (χ0) is 27.8. The zero-order valence-electron chi connectivity index (χ0n) is 20.7. The van der Waals surface area contributed by atoms with Crippen LogP contribution < -0.4 is 19.7 Å². The average molecular weight is 546 g/mol. The van der Waals surface area contributed by atoms with Gasteiger partial charge in [0.25, 0.3) is 23.6 Å². The van der Waals surface area contributed by atoms with Crippen molar-refractivity contribution in [2.75, 3.05) is 19.1 Å². The fraction of sp³-hybridized carbons (Fsp3) is 0.107. The monoisotopic (exact) mass is 545 g/mol. The fourth-order valence-electron chi connectivity index (χ4n) is 4.42. The molecule has 1 saturated heterocycles. The van der Waals surface area contributed by atoms with Gasteiger partial charge in [0, 0.05) is 22.2 Å². The number of halogens is 1. The van der Waals surface area contributed by atoms with Crippen LogP contribution in [0.3, 0.4) is 0 Å². The number of barbiturate groups is 1. The van der Waals surface area contributed by atoms with Gasteiger partial charge in [-0.25, -0.2) is 9.69 Å². The molecule has 2 heterocycles. The minimum absolute atomic E-state index is 0.134. The van der Waals surface area contributed by atoms with E-state index in [1.807, 2.05) is 0 Å². The van der Waals surface area contributed by atoms with Crippen LogP contribution in [0.15, 0.2) is 66.2 Å². The molecule has 39 heavy (non-hydrogen) atoms. The third-order valence-corrected chi connectivity index (χ3v) is 6.58. The molecular formula is C28H20ClN3O7. The van der Waals surface area contributed by atoms with Crippen molar-refractivity contribution in [3.8, 4) is 11.5 Å². The summed E-state index contributed by atoms with van der Waals surface area (Å²) in [7, 11) is 2.82. The number of benzene rings is 3. The van der Waals surface area contributed by atoms with Crippen LogP contribution in [0.2, 0.25) is 5.02 Å². The Labute approximate surface area is 227 Å². The Balaban J connectivity index is 1.54. The lowest BCUT2D eigenvalue weighted by atomic mass is 10.0. The van der Waals surface area contributed by atoms with E-state index in [-0.39, 0.29) is 29.1 Å². The minimum Gasteiger partial charge on any atom is -0.496 e. The average Bonchev–Trinajstić information content (AvgIpc) is 3.17. The van der Waals surface area contributed by atoms with Gasteiger partial charge >= 0.3 is 6.03 Å². The van der Waals surface area contributed by atoms with Crippen molar-refractivity contribution in [1.29, 1.82) is 0 Å². The van der Waals surface area contributed by atoms with Gasteiger partial charge in [-0.05, 0) is 48.5 Å². The highest BCUT2D eigenvalue weighted by atomic mass is 35.5. The van der Waals surface area contributed by atoms with Gasteiger partial charge in [0.15, 0.2) is 0 Å². The highest BCUT2D eigenvalue weighted by Crippen LogP contribution is 2.34. The fourth-order valence-corrected chi connectivity index (χ4v) is 4.54. The molecule has 2 aliphatic heterocycles. The van der Waals surface area contributed by atoms with E-state index in [0.717, 1.165) is 9.80 Å². The van der Waals surface area contributed by atoms with E-state index in [9.17, 15) is 24.0 Å². The molecule has 0 spiro atoms. The van der Waals surface area contributed by atoms with Gasteiger partial charge in [-0.2, -0.15) is 0 Å². The lowest BCUT2D eigenvalue weighted by Crippen LogP contribution is -2.54. The second kappa shape index (κ2) is 10.1. The smallest absolute Gasteiger partial charge is 0.335 e. The molecule has 0 atom stereocenters. The SMILES string of the molecule is COc1cc(OC)c(CN2C(=O)c3ccccc3C2=O)cc1/C=C1\C(=O)NC(=O)N(c2ccc(Cl)cc2)C1=O. The molecule has 196 valence electrons. The summed E-state index contributed by atoms with van der Waals surface area (Å²) in [6.45, 7) is -0.134. The van der Waals surface area contributed by atoms with Crippen LogP contribution in [0.1, 0.15) is 31.8 Å². The first-order chi connectivity index (χ1) is 18.7. The summed E-state index contributed by atoms with van der Waals surface area (Å²) < 4.78 is 10.9. The van der Waals surface area contributed by atoms with E-state index >= 15 is 0 Å². The quantitative estimate of drug-likeness (QED) is 0.284. The Kier molecular flexibility index (Phi) is 6.63. The summed E-state index contributed by atoms with van der Waals surface area (Å²) in [5, 5.41) is 2.57. The highest BCUT2D eigenvalue weighted by Gasteiger charge is 2.38. The Bertz CT molecular complexity index is 1560. The Hall–Kier alpha value is -4.96. The first-order valence-electron chi connectivity index (χ1n) is 11.6. The van der Waals surface area contributed by atoms with Crippen LogP contribution in [0.25, 0.3) is 6.08 Å². The molecule has 0 saturated carbocycles. The van der Waals surface area contributed by atoms with Crippen LogP contribution in [0.5, 0.6) is 11.5 Å². The standard InChI is InChI=1S/C28H20ClN3O7/c1-38-22-13-23(39-2)16(14-31-25(34)19-5-3-4-6-20(19)26(31)35)11-15(22)12-21-24(33)30-28(37)32(27(21)36)18-9-7-17(29)8-10-18/h3-13H,14H2,1-2H3,(H,30,33,37)/b21-12+. The van der Waals surface area contributed by atoms with Gasteiger partial charge in [0.1, 0.15) is 17.1 Å². The number of carbonyl (C=O) groups excluding carboxylic acids is 5. The number of methoxy groups -OCH3 is 2. The summed E-state index contributed by atoms with van der Waals surface area (Å²) in [5.41, 5.74) is 1.19. The molecule has 3 aromatic rings. The topological polar surface area (TPSA) is 122 Å². The van der Waals surface area contributed by atoms with Crippen LogP contribution in [-0.2, 0) is 16.1 Å². The third-order valence-electron chi connectivity index (χ3n) is 6.33. The molecule has 0 aromatic heterocycles. The number of fused-ring (bicyclic) bond motifs is 1. The number of amides is 6. The number of rotatable bonds is 6. The zero-order valence-corrected chi connectivity index (χ0v) is 21.4. The molecule has 1 fully saturated rings. The van der Waals surface area contributed by atoms with Crippen molar-refractivity contribution in [3.63, 3.8) is 0 Å². The number of hydrogen-bond acceptors (Lipinski definition) is 7. The summed E-state index contributed by atoms with van der Waals surface area (Å²) in [5.74, 6) is -2.08. The normalized spacial score (nSPS) is 16.1. The van der Waals surface area contributed by atoms with Crippen molar-refractivity contribution < 1.29 is 33.4 Å². The van der Waals surface area contributed by atoms with Gasteiger partial charge < -0.3 is 9.47 Å². The molecule has 5 rings (SSSR count). The van der Waals surface area contributed by atoms with Crippen LogP contribution in [-0.4, -0.2) is 48.8 Å². The van der Waals surface area contributed by atoms with Gasteiger partial charge in [-0.3, -0.25) is 29.4 Å². The number of carbonyl (C=O) groups is 5. The molecule has 0 radical (unpaired) electrons. The van der Waals surface area contributed by atoms with Gasteiger partial charge in [-0.1, -0.05) is 23.7 Å². The van der Waals surface area contributed by atoms with Gasteiger partial charge in [0.05, 0.1) is 37.6 Å². The van der Waals surface area contributed by atoms with Crippen LogP contribution in [0.4, 0.5) is 10.5 Å². The maximum absolute atomic E-state index is 13.3. The lowest BCUT2D eigenvalue weighted by Gasteiger charge is -2.26. The molecule has 11 heteroatoms. The van der Waals surface area contributed by atoms with E-state index < -0.39 is 29.7 Å². The summed E-state index contributed by atoms with van der Waals surface area (Å²) >= 11 is 5.92. The molecule has 0 unspecified atom stereocenters. The number of imide groups is 3. The van der Waals surface area contributed by atoms with Crippen molar-refractivity contribution in [2.24, 2.45) is 0 Å². The number of anilines is 1. The van der Waals surface area contributed by atoms with E-state index in [0.29, 0.717) is 27.5 Å². The van der Waals surface area contributed by atoms with Crippen molar-refractivity contribution in [2.45, 2.75) is 6.54 Å². The van der Waals surface area contributed by atoms with E-state index in [1.54, 1.807) is 30.3 Å². The largest absolute Gasteiger partial charge is 0.496 e. The first-order valence-corrected chi connectivity index (χ1v) is 12.0. The van der Waals surface area contributed by atoms with Crippen molar-refractivity contribution in [3.05, 3.63) is 93.5 Å². The number of nitrogens with one attached hydrogen (secondary N) is 1. The predicted molar refractivity (Wildman–Crippen MR) is 141 cm³/mol. The Morgan fingerprint density at radius 1 is 0.821 bits per heavy atom. The van der Waals surface area contributed by atoms with Gasteiger partial charge in [-0.15, -0.1) is 0 Å². The summed E-state index contributed by atoms with van der Waals surface area (Å²) in [6.07, 6.45) is 1.27. The predicted octanol–water partition coefficient (Wildman–Crippen LogP) is 3.82. The lowest BCUT2D eigenvalue weighted by molar-refractivity contribution is -0.122. The Morgan fingerprint density at radius 3 is 2.03 bits per heavy atom. The van der Waals surface area contributed by atoms with Crippen molar-refractivity contribution in [1.82, 2.24) is 10.2 Å². The van der Waals surface area contributed by atoms with E-state index in [2.05, 4.69) is 5.32 Å². The number of hydrogen-bond donors (Lipinski definition) is 1. The van der Waals surface area contributed by atoms with Crippen LogP contribution >= 0.6 is 11.6 Å². The third kappa shape index (κ3) is 4.51. The second-order valence-electron chi connectivity index (χ2n) is 8.58. The summed E-state index contributed by atoms with van der Waals surface area (Å²) in [6, 6.07) is 14.7. The number of ether oxygens (including phenoxy) is 2. The first kappa shape index (κ1) is 25.7. The molecule has 0 bridgehead atoms. The molecule has 0 aliphatic carbocycles. The molecular weight excluding hydrogens is 526 g/mol. The van der Waals surface area contributed by atoms with Crippen LogP contribution in [0, 0.1) is 0 Å². The highest BCUT2D eigenvalue weighted by molar-refractivity contribution is 6.39. The van der Waals surface area contributed by atoms with E-state index in [4.69, 9.17) is 21.1 Å². The minimum atomic E-state index is -0.905. The molecule has 1 N–H and O–H groups in total. The second-order valence-corrected chi connectivity index (χ2v) is 9.02. The Morgan fingerprint density at radius 2 is 1.44 bits per heavy atom. The number of urea groups is 1. The van der Waals surface area contributed by atoms with E-state index in [1.165, 1.54) is 50.6 Å². The van der Waals surface area contributed by atoms with Gasteiger partial charge in [0.2, 0.25) is 0 Å². The molecule has 2 aliphatic rings. The number of nitrogens with zero attached hydrogens (tertiary/aromatic N) is 2.